The molecule has 1 atom stereocenters. The first-order valence-electron chi connectivity index (χ1n) is 5.04. The van der Waals surface area contributed by atoms with Gasteiger partial charge in [-0.2, -0.15) is 0 Å². The number of hydrogen-bond acceptors (Lipinski definition) is 2. The standard InChI is InChI=1S/C13H12N2O/c14-13(16)12(10-6-2-1-3-7-10)11-8-4-5-9-15-11/h1-9,12H,(H2,14,16). The second-order valence-corrected chi connectivity index (χ2v) is 3.50. The quantitative estimate of drug-likeness (QED) is 0.841. The van der Waals surface area contributed by atoms with Gasteiger partial charge in [0.1, 0.15) is 5.92 Å². The van der Waals surface area contributed by atoms with Gasteiger partial charge in [-0.15, -0.1) is 0 Å². The van der Waals surface area contributed by atoms with Crippen molar-refractivity contribution in [1.29, 1.82) is 0 Å². The Labute approximate surface area is 93.9 Å². The number of amides is 1. The molecule has 1 unspecified atom stereocenters. The van der Waals surface area contributed by atoms with Crippen LogP contribution < -0.4 is 5.73 Å². The molecule has 1 heterocycles. The Kier molecular flexibility index (Phi) is 2.96. The fourth-order valence-corrected chi connectivity index (χ4v) is 1.67. The van der Waals surface area contributed by atoms with Crippen LogP contribution in [0.3, 0.4) is 0 Å². The second kappa shape index (κ2) is 4.57. The predicted octanol–water partition coefficient (Wildman–Crippen LogP) is 1.70. The van der Waals surface area contributed by atoms with Crippen molar-refractivity contribution in [3.63, 3.8) is 0 Å². The number of rotatable bonds is 3. The summed E-state index contributed by atoms with van der Waals surface area (Å²) in [6, 6.07) is 14.9. The number of pyridine rings is 1. The van der Waals surface area contributed by atoms with Crippen LogP contribution in [0.25, 0.3) is 0 Å². The molecule has 0 aliphatic carbocycles. The minimum absolute atomic E-state index is 0.384. The van der Waals surface area contributed by atoms with Gasteiger partial charge in [0.05, 0.1) is 5.69 Å². The van der Waals surface area contributed by atoms with E-state index in [0.717, 1.165) is 5.56 Å². The lowest BCUT2D eigenvalue weighted by Crippen LogP contribution is -2.23. The lowest BCUT2D eigenvalue weighted by molar-refractivity contribution is -0.118. The Morgan fingerprint density at radius 1 is 1.06 bits per heavy atom. The zero-order valence-electron chi connectivity index (χ0n) is 8.71. The molecule has 3 heteroatoms. The summed E-state index contributed by atoms with van der Waals surface area (Å²) in [5.74, 6) is -0.854. The Morgan fingerprint density at radius 2 is 1.75 bits per heavy atom. The maximum Gasteiger partial charge on any atom is 0.231 e. The Hall–Kier alpha value is -2.16. The number of hydrogen-bond donors (Lipinski definition) is 1. The van der Waals surface area contributed by atoms with Crippen LogP contribution in [0.1, 0.15) is 17.2 Å². The molecule has 2 rings (SSSR count). The summed E-state index contributed by atoms with van der Waals surface area (Å²) in [5, 5.41) is 0. The first-order valence-corrected chi connectivity index (χ1v) is 5.04. The number of nitrogens with two attached hydrogens (primary N) is 1. The molecule has 0 aliphatic rings. The van der Waals surface area contributed by atoms with E-state index in [1.807, 2.05) is 48.5 Å². The van der Waals surface area contributed by atoms with E-state index < -0.39 is 5.92 Å². The van der Waals surface area contributed by atoms with Crippen molar-refractivity contribution in [2.24, 2.45) is 5.73 Å². The van der Waals surface area contributed by atoms with E-state index in [1.54, 1.807) is 6.20 Å². The molecule has 2 aromatic rings. The lowest BCUT2D eigenvalue weighted by Gasteiger charge is -2.12. The molecule has 1 aromatic carbocycles. The molecule has 1 amide bonds. The third-order valence-electron chi connectivity index (χ3n) is 2.40. The van der Waals surface area contributed by atoms with Crippen LogP contribution in [0.5, 0.6) is 0 Å². The minimum atomic E-state index is -0.470. The van der Waals surface area contributed by atoms with Gasteiger partial charge in [0.25, 0.3) is 0 Å². The molecule has 0 aliphatic heterocycles. The SMILES string of the molecule is NC(=O)C(c1ccccc1)c1ccccn1. The van der Waals surface area contributed by atoms with E-state index in [-0.39, 0.29) is 5.91 Å². The van der Waals surface area contributed by atoms with E-state index in [1.165, 1.54) is 0 Å². The summed E-state index contributed by atoms with van der Waals surface area (Å²) in [4.78, 5) is 15.7. The zero-order valence-corrected chi connectivity index (χ0v) is 8.71. The normalized spacial score (nSPS) is 12.0. The van der Waals surface area contributed by atoms with Crippen LogP contribution in [0.15, 0.2) is 54.7 Å². The molecule has 0 radical (unpaired) electrons. The summed E-state index contributed by atoms with van der Waals surface area (Å²) < 4.78 is 0. The molecule has 0 saturated carbocycles. The van der Waals surface area contributed by atoms with Gasteiger partial charge in [-0.3, -0.25) is 9.78 Å². The third kappa shape index (κ3) is 2.08. The molecular weight excluding hydrogens is 200 g/mol. The van der Waals surface area contributed by atoms with E-state index in [9.17, 15) is 4.79 Å². The van der Waals surface area contributed by atoms with Crippen LogP contribution in [0, 0.1) is 0 Å². The molecule has 80 valence electrons. The van der Waals surface area contributed by atoms with Gasteiger partial charge in [-0.05, 0) is 17.7 Å². The largest absolute Gasteiger partial charge is 0.369 e. The topological polar surface area (TPSA) is 56.0 Å². The van der Waals surface area contributed by atoms with Crippen LogP contribution >= 0.6 is 0 Å². The third-order valence-corrected chi connectivity index (χ3v) is 2.40. The number of primary amides is 1. The van der Waals surface area contributed by atoms with E-state index in [4.69, 9.17) is 5.73 Å². The van der Waals surface area contributed by atoms with Crippen molar-refractivity contribution in [3.8, 4) is 0 Å². The second-order valence-electron chi connectivity index (χ2n) is 3.50. The Morgan fingerprint density at radius 3 is 2.31 bits per heavy atom. The van der Waals surface area contributed by atoms with Crippen LogP contribution in [0.4, 0.5) is 0 Å². The summed E-state index contributed by atoms with van der Waals surface area (Å²) in [7, 11) is 0. The van der Waals surface area contributed by atoms with E-state index >= 15 is 0 Å². The van der Waals surface area contributed by atoms with Gasteiger partial charge in [-0.1, -0.05) is 36.4 Å². The van der Waals surface area contributed by atoms with Crippen LogP contribution in [-0.2, 0) is 4.79 Å². The number of nitrogens with zero attached hydrogens (tertiary/aromatic N) is 1. The molecule has 0 saturated heterocycles. The van der Waals surface area contributed by atoms with Crippen molar-refractivity contribution in [2.75, 3.05) is 0 Å². The van der Waals surface area contributed by atoms with Gasteiger partial charge in [-0.25, -0.2) is 0 Å². The van der Waals surface area contributed by atoms with Gasteiger partial charge in [0, 0.05) is 6.20 Å². The van der Waals surface area contributed by atoms with E-state index in [2.05, 4.69) is 4.98 Å². The summed E-state index contributed by atoms with van der Waals surface area (Å²) in [6.07, 6.45) is 1.66. The highest BCUT2D eigenvalue weighted by atomic mass is 16.1. The average molecular weight is 212 g/mol. The molecule has 0 bridgehead atoms. The van der Waals surface area contributed by atoms with Crippen molar-refractivity contribution in [3.05, 3.63) is 66.0 Å². The molecule has 16 heavy (non-hydrogen) atoms. The fourth-order valence-electron chi connectivity index (χ4n) is 1.67. The number of benzene rings is 1. The average Bonchev–Trinajstić information content (AvgIpc) is 2.31. The Balaban J connectivity index is 2.44. The van der Waals surface area contributed by atoms with Crippen LogP contribution in [0.2, 0.25) is 0 Å². The predicted molar refractivity (Wildman–Crippen MR) is 61.7 cm³/mol. The molecule has 0 fully saturated rings. The summed E-state index contributed by atoms with van der Waals surface area (Å²) in [6.45, 7) is 0. The molecular formula is C13H12N2O. The van der Waals surface area contributed by atoms with Gasteiger partial charge in [0.2, 0.25) is 5.91 Å². The Bertz CT molecular complexity index is 428. The number of carbonyl (C=O) groups is 1. The summed E-state index contributed by atoms with van der Waals surface area (Å²) in [5.41, 5.74) is 6.97. The number of aromatic nitrogens is 1. The van der Waals surface area contributed by atoms with E-state index in [0.29, 0.717) is 5.69 Å². The molecule has 2 N–H and O–H groups in total. The maximum atomic E-state index is 11.5. The highest BCUT2D eigenvalue weighted by Crippen LogP contribution is 2.21. The lowest BCUT2D eigenvalue weighted by atomic mass is 9.95. The highest BCUT2D eigenvalue weighted by Gasteiger charge is 2.20. The monoisotopic (exact) mass is 212 g/mol. The smallest absolute Gasteiger partial charge is 0.231 e. The summed E-state index contributed by atoms with van der Waals surface area (Å²) >= 11 is 0. The highest BCUT2D eigenvalue weighted by molar-refractivity contribution is 5.85. The fraction of sp³-hybridized carbons (Fsp3) is 0.0769. The first-order chi connectivity index (χ1) is 7.79. The van der Waals surface area contributed by atoms with Gasteiger partial charge < -0.3 is 5.73 Å². The van der Waals surface area contributed by atoms with Crippen molar-refractivity contribution >= 4 is 5.91 Å². The first kappa shape index (κ1) is 10.4. The minimum Gasteiger partial charge on any atom is -0.369 e. The van der Waals surface area contributed by atoms with Crippen LogP contribution in [-0.4, -0.2) is 10.9 Å². The molecule has 1 aromatic heterocycles. The van der Waals surface area contributed by atoms with Gasteiger partial charge in [0.15, 0.2) is 0 Å². The number of carbonyl (C=O) groups excluding carboxylic acids is 1. The molecule has 3 nitrogen and oxygen atoms in total. The van der Waals surface area contributed by atoms with Crippen molar-refractivity contribution < 1.29 is 4.79 Å². The van der Waals surface area contributed by atoms with Gasteiger partial charge >= 0.3 is 0 Å². The molecule has 0 spiro atoms. The maximum absolute atomic E-state index is 11.5. The van der Waals surface area contributed by atoms with Crippen molar-refractivity contribution in [1.82, 2.24) is 4.98 Å². The van der Waals surface area contributed by atoms with Crippen molar-refractivity contribution in [2.45, 2.75) is 5.92 Å². The zero-order chi connectivity index (χ0) is 11.4.